The summed E-state index contributed by atoms with van der Waals surface area (Å²) in [5.41, 5.74) is 5.16. The second kappa shape index (κ2) is 5.03. The first-order valence-corrected chi connectivity index (χ1v) is 4.98. The number of hydrogen-bond acceptors (Lipinski definition) is 2. The van der Waals surface area contributed by atoms with Crippen LogP contribution in [0.4, 0.5) is 13.2 Å². The van der Waals surface area contributed by atoms with Crippen LogP contribution < -0.4 is 5.73 Å². The molecule has 0 amide bonds. The zero-order valence-corrected chi connectivity index (χ0v) is 9.64. The van der Waals surface area contributed by atoms with Gasteiger partial charge in [0, 0.05) is 6.04 Å². The molecule has 0 spiro atoms. The van der Waals surface area contributed by atoms with Crippen LogP contribution >= 0.6 is 0 Å². The maximum atomic E-state index is 12.5. The summed E-state index contributed by atoms with van der Waals surface area (Å²) in [5.74, 6) is -3.33. The van der Waals surface area contributed by atoms with Crippen molar-refractivity contribution in [2.45, 2.75) is 45.8 Å². The Kier molecular flexibility index (Phi) is 4.79. The Morgan fingerprint density at radius 2 is 1.75 bits per heavy atom. The maximum absolute atomic E-state index is 12.5. The first kappa shape index (κ1) is 15.2. The Morgan fingerprint density at radius 1 is 1.31 bits per heavy atom. The van der Waals surface area contributed by atoms with Gasteiger partial charge in [-0.3, -0.25) is 4.79 Å². The molecule has 0 aromatic rings. The van der Waals surface area contributed by atoms with Crippen LogP contribution in [0.5, 0.6) is 0 Å². The van der Waals surface area contributed by atoms with E-state index in [1.165, 1.54) is 0 Å². The Labute approximate surface area is 92.8 Å². The lowest BCUT2D eigenvalue weighted by atomic mass is 9.81. The first-order chi connectivity index (χ1) is 6.94. The molecule has 2 atom stereocenters. The van der Waals surface area contributed by atoms with Crippen LogP contribution in [-0.4, -0.2) is 23.3 Å². The second-order valence-electron chi connectivity index (χ2n) is 5.04. The average molecular weight is 241 g/mol. The smallest absolute Gasteiger partial charge is 0.392 e. The molecule has 0 heterocycles. The zero-order valence-electron chi connectivity index (χ0n) is 9.64. The molecule has 0 rings (SSSR count). The van der Waals surface area contributed by atoms with E-state index in [0.29, 0.717) is 0 Å². The summed E-state index contributed by atoms with van der Waals surface area (Å²) in [6, 6.07) is -0.682. The van der Waals surface area contributed by atoms with Gasteiger partial charge in [0.2, 0.25) is 0 Å². The minimum absolute atomic E-state index is 0.362. The molecule has 0 fully saturated rings. The van der Waals surface area contributed by atoms with E-state index in [9.17, 15) is 18.0 Å². The number of carbonyl (C=O) groups is 1. The largest absolute Gasteiger partial charge is 0.481 e. The number of rotatable bonds is 4. The van der Waals surface area contributed by atoms with Gasteiger partial charge < -0.3 is 10.8 Å². The van der Waals surface area contributed by atoms with Crippen molar-refractivity contribution < 1.29 is 23.1 Å². The summed E-state index contributed by atoms with van der Waals surface area (Å²) in [5, 5.41) is 8.42. The van der Waals surface area contributed by atoms with Gasteiger partial charge in [-0.2, -0.15) is 13.2 Å². The van der Waals surface area contributed by atoms with Crippen molar-refractivity contribution in [3.63, 3.8) is 0 Å². The van der Waals surface area contributed by atoms with Crippen LogP contribution in [0.15, 0.2) is 0 Å². The molecule has 0 aliphatic rings. The number of carboxylic acids is 1. The van der Waals surface area contributed by atoms with E-state index in [0.717, 1.165) is 0 Å². The van der Waals surface area contributed by atoms with Crippen molar-refractivity contribution in [1.82, 2.24) is 0 Å². The Bertz CT molecular complexity index is 245. The summed E-state index contributed by atoms with van der Waals surface area (Å²) in [6.45, 7) is 5.18. The van der Waals surface area contributed by atoms with Crippen molar-refractivity contribution in [2.24, 2.45) is 17.1 Å². The average Bonchev–Trinajstić information content (AvgIpc) is 1.98. The lowest BCUT2D eigenvalue weighted by Crippen LogP contribution is -2.40. The standard InChI is InChI=1S/C10H18F3NO2/c1-9(2,3)7(14)4-6(5-8(15)16)10(11,12)13/h6-7H,4-5,14H2,1-3H3,(H,15,16). The normalized spacial score (nSPS) is 16.9. The van der Waals surface area contributed by atoms with Crippen molar-refractivity contribution in [3.8, 4) is 0 Å². The van der Waals surface area contributed by atoms with Gasteiger partial charge >= 0.3 is 12.1 Å². The molecule has 0 bridgehead atoms. The number of halogens is 3. The first-order valence-electron chi connectivity index (χ1n) is 4.98. The van der Waals surface area contributed by atoms with Gasteiger partial charge in [-0.05, 0) is 11.8 Å². The fourth-order valence-corrected chi connectivity index (χ4v) is 1.20. The van der Waals surface area contributed by atoms with Gasteiger partial charge in [-0.15, -0.1) is 0 Å². The van der Waals surface area contributed by atoms with Gasteiger partial charge in [0.25, 0.3) is 0 Å². The zero-order chi connectivity index (χ0) is 13.1. The molecule has 0 radical (unpaired) electrons. The number of nitrogens with two attached hydrogens (primary N) is 1. The number of hydrogen-bond donors (Lipinski definition) is 2. The highest BCUT2D eigenvalue weighted by Gasteiger charge is 2.42. The van der Waals surface area contributed by atoms with E-state index in [4.69, 9.17) is 10.8 Å². The van der Waals surface area contributed by atoms with Crippen LogP contribution in [0.25, 0.3) is 0 Å². The Balaban J connectivity index is 4.62. The third-order valence-corrected chi connectivity index (χ3v) is 2.53. The predicted octanol–water partition coefficient (Wildman–Crippen LogP) is 2.40. The monoisotopic (exact) mass is 241 g/mol. The van der Waals surface area contributed by atoms with Gasteiger partial charge in [0.1, 0.15) is 0 Å². The van der Waals surface area contributed by atoms with Crippen LogP contribution in [0.2, 0.25) is 0 Å². The molecule has 0 aromatic carbocycles. The van der Waals surface area contributed by atoms with E-state index in [-0.39, 0.29) is 6.42 Å². The molecule has 96 valence electrons. The summed E-state index contributed by atoms with van der Waals surface area (Å²) in [4.78, 5) is 10.3. The lowest BCUT2D eigenvalue weighted by Gasteiger charge is -2.30. The molecule has 3 nitrogen and oxygen atoms in total. The third kappa shape index (κ3) is 5.34. The molecule has 0 aromatic heterocycles. The molecular weight excluding hydrogens is 223 g/mol. The van der Waals surface area contributed by atoms with Gasteiger partial charge in [0.15, 0.2) is 0 Å². The second-order valence-corrected chi connectivity index (χ2v) is 5.04. The van der Waals surface area contributed by atoms with E-state index in [1.807, 2.05) is 0 Å². The topological polar surface area (TPSA) is 63.3 Å². The molecular formula is C10H18F3NO2. The van der Waals surface area contributed by atoms with Crippen molar-refractivity contribution in [1.29, 1.82) is 0 Å². The molecule has 0 aliphatic carbocycles. The summed E-state index contributed by atoms with van der Waals surface area (Å²) >= 11 is 0. The highest BCUT2D eigenvalue weighted by molar-refractivity contribution is 5.67. The number of alkyl halides is 3. The molecule has 0 aliphatic heterocycles. The molecule has 2 unspecified atom stereocenters. The van der Waals surface area contributed by atoms with Crippen LogP contribution in [-0.2, 0) is 4.79 Å². The van der Waals surface area contributed by atoms with Crippen molar-refractivity contribution >= 4 is 5.97 Å². The molecule has 6 heteroatoms. The minimum Gasteiger partial charge on any atom is -0.481 e. The highest BCUT2D eigenvalue weighted by Crippen LogP contribution is 2.35. The van der Waals surface area contributed by atoms with Crippen molar-refractivity contribution in [2.75, 3.05) is 0 Å². The van der Waals surface area contributed by atoms with Crippen LogP contribution in [0.1, 0.15) is 33.6 Å². The SMILES string of the molecule is CC(C)(C)C(N)CC(CC(=O)O)C(F)(F)F. The summed E-state index contributed by atoms with van der Waals surface area (Å²) in [6.07, 6.45) is -5.80. The fraction of sp³-hybridized carbons (Fsp3) is 0.900. The fourth-order valence-electron chi connectivity index (χ4n) is 1.20. The van der Waals surface area contributed by atoms with E-state index < -0.39 is 35.9 Å². The van der Waals surface area contributed by atoms with Crippen LogP contribution in [0.3, 0.4) is 0 Å². The minimum atomic E-state index is -4.51. The van der Waals surface area contributed by atoms with Gasteiger partial charge in [-0.1, -0.05) is 20.8 Å². The molecule has 0 saturated heterocycles. The highest BCUT2D eigenvalue weighted by atomic mass is 19.4. The van der Waals surface area contributed by atoms with Gasteiger partial charge in [-0.25, -0.2) is 0 Å². The Hall–Kier alpha value is -0.780. The predicted molar refractivity (Wildman–Crippen MR) is 53.8 cm³/mol. The maximum Gasteiger partial charge on any atom is 0.392 e. The van der Waals surface area contributed by atoms with E-state index in [2.05, 4.69) is 0 Å². The molecule has 16 heavy (non-hydrogen) atoms. The van der Waals surface area contributed by atoms with Gasteiger partial charge in [0.05, 0.1) is 12.3 Å². The van der Waals surface area contributed by atoms with Crippen molar-refractivity contribution in [3.05, 3.63) is 0 Å². The molecule has 3 N–H and O–H groups in total. The number of aliphatic carboxylic acids is 1. The number of carboxylic acid groups (broad SMARTS) is 1. The van der Waals surface area contributed by atoms with E-state index in [1.54, 1.807) is 20.8 Å². The lowest BCUT2D eigenvalue weighted by molar-refractivity contribution is -0.186. The molecule has 0 saturated carbocycles. The Morgan fingerprint density at radius 3 is 2.00 bits per heavy atom. The van der Waals surface area contributed by atoms with E-state index >= 15 is 0 Å². The van der Waals surface area contributed by atoms with Crippen LogP contribution in [0, 0.1) is 11.3 Å². The summed E-state index contributed by atoms with van der Waals surface area (Å²) < 4.78 is 37.5. The quantitative estimate of drug-likeness (QED) is 0.794. The third-order valence-electron chi connectivity index (χ3n) is 2.53. The summed E-state index contributed by atoms with van der Waals surface area (Å²) in [7, 11) is 0.